The highest BCUT2D eigenvalue weighted by Gasteiger charge is 2.41. The summed E-state index contributed by atoms with van der Waals surface area (Å²) in [6.07, 6.45) is -1.34. The van der Waals surface area contributed by atoms with E-state index >= 15 is 0 Å². The first-order valence-corrected chi connectivity index (χ1v) is 16.9. The summed E-state index contributed by atoms with van der Waals surface area (Å²) in [6.45, 7) is 9.27. The number of likely N-dealkylation sites (tertiary alicyclic amines) is 2. The van der Waals surface area contributed by atoms with Crippen molar-refractivity contribution in [3.8, 4) is 0 Å². The maximum Gasteiger partial charge on any atom is 0.109 e. The molecule has 0 radical (unpaired) electrons. The Hall–Kier alpha value is -1.01. The minimum absolute atomic E-state index is 0. The highest BCUT2D eigenvalue weighted by molar-refractivity contribution is 6.18. The zero-order valence-electron chi connectivity index (χ0n) is 26.5. The standard InChI is InChI=1S/C25H34ClNO2.C9H18ClNO4.ClH/c1-20-21(2)25(29-18-23-12-7-4-8-13-23)16-27(15-9-14-26)24(20)19-28-17-22-10-5-3-6-11-22;10-2-1-3-11-4-7(13)9(15)8(14)6(11)5-12;/h3-8,10-13,20-21,24-25H,9,14-19H2,1-2H3;6-9,12-15H,1-5H2;1H/t20-,21-,24+,25-;6-,7+,8-,9-;/m01./s1. The molecule has 2 aliphatic rings. The zero-order chi connectivity index (χ0) is 31.9. The molecule has 0 aromatic heterocycles. The van der Waals surface area contributed by atoms with Crippen LogP contribution in [-0.4, -0.2) is 118 Å². The largest absolute Gasteiger partial charge is 0.395 e. The normalized spacial score (nSPS) is 29.0. The third-order valence-corrected chi connectivity index (χ3v) is 9.52. The van der Waals surface area contributed by atoms with E-state index in [-0.39, 0.29) is 31.7 Å². The van der Waals surface area contributed by atoms with Gasteiger partial charge in [0.25, 0.3) is 0 Å². The quantitative estimate of drug-likeness (QED) is 0.219. The molecule has 0 bridgehead atoms. The zero-order valence-corrected chi connectivity index (χ0v) is 28.9. The van der Waals surface area contributed by atoms with Crippen LogP contribution in [0.15, 0.2) is 60.7 Å². The lowest BCUT2D eigenvalue weighted by molar-refractivity contribution is -0.144. The van der Waals surface area contributed by atoms with Crippen molar-refractivity contribution in [3.63, 3.8) is 0 Å². The van der Waals surface area contributed by atoms with Crippen LogP contribution in [0.25, 0.3) is 0 Å². The predicted octanol–water partition coefficient (Wildman–Crippen LogP) is 4.17. The van der Waals surface area contributed by atoms with Crippen molar-refractivity contribution in [1.29, 1.82) is 0 Å². The second-order valence-corrected chi connectivity index (χ2v) is 12.8. The number of hydrogen-bond donors (Lipinski definition) is 4. The topological polar surface area (TPSA) is 106 Å². The van der Waals surface area contributed by atoms with Crippen LogP contribution in [0.3, 0.4) is 0 Å². The van der Waals surface area contributed by atoms with Crippen LogP contribution in [-0.2, 0) is 22.7 Å². The van der Waals surface area contributed by atoms with Crippen molar-refractivity contribution in [2.24, 2.45) is 11.8 Å². The molecule has 45 heavy (non-hydrogen) atoms. The predicted molar refractivity (Wildman–Crippen MR) is 183 cm³/mol. The Bertz CT molecular complexity index is 1030. The van der Waals surface area contributed by atoms with E-state index in [0.717, 1.165) is 26.1 Å². The van der Waals surface area contributed by atoms with Gasteiger partial charge in [0.1, 0.15) is 12.2 Å². The summed E-state index contributed by atoms with van der Waals surface area (Å²) >= 11 is 11.6. The molecule has 0 unspecified atom stereocenters. The van der Waals surface area contributed by atoms with Gasteiger partial charge in [0.05, 0.1) is 44.7 Å². The molecule has 4 rings (SSSR count). The van der Waals surface area contributed by atoms with Gasteiger partial charge in [-0.05, 0) is 48.9 Å². The van der Waals surface area contributed by atoms with Crippen molar-refractivity contribution in [3.05, 3.63) is 71.8 Å². The lowest BCUT2D eigenvalue weighted by Gasteiger charge is -2.47. The molecule has 2 aromatic rings. The molecule has 2 saturated heterocycles. The van der Waals surface area contributed by atoms with E-state index in [0.29, 0.717) is 55.8 Å². The third kappa shape index (κ3) is 12.5. The molecular weight excluding hydrogens is 639 g/mol. The SMILES string of the molecule is C[C@H]1[C@H](C)[C@@H](COCc2ccccc2)N(CCCCl)C[C@@H]1OCc1ccccc1.Cl.OC[C@@H]1[C@@H](O)[C@H](O)[C@@H](O)CN1CCCCl. The number of aliphatic hydroxyl groups is 4. The van der Waals surface area contributed by atoms with Crippen LogP contribution in [0.2, 0.25) is 0 Å². The van der Waals surface area contributed by atoms with E-state index in [2.05, 4.69) is 67.3 Å². The van der Waals surface area contributed by atoms with E-state index < -0.39 is 24.4 Å². The number of alkyl halides is 2. The molecule has 2 aromatic carbocycles. The average molecular weight is 692 g/mol. The molecule has 2 heterocycles. The number of benzene rings is 2. The number of ether oxygens (including phenoxy) is 2. The molecule has 0 spiro atoms. The summed E-state index contributed by atoms with van der Waals surface area (Å²) in [5, 5.41) is 37.6. The number of halogens is 3. The first-order valence-electron chi connectivity index (χ1n) is 15.8. The van der Waals surface area contributed by atoms with Crippen molar-refractivity contribution < 1.29 is 29.9 Å². The highest BCUT2D eigenvalue weighted by atomic mass is 35.5. The molecule has 8 nitrogen and oxygen atoms in total. The van der Waals surface area contributed by atoms with Crippen molar-refractivity contribution in [1.82, 2.24) is 9.80 Å². The summed E-state index contributed by atoms with van der Waals surface area (Å²) in [4.78, 5) is 4.29. The van der Waals surface area contributed by atoms with Gasteiger partial charge >= 0.3 is 0 Å². The average Bonchev–Trinajstić information content (AvgIpc) is 3.05. The molecule has 8 atom stereocenters. The summed E-state index contributed by atoms with van der Waals surface area (Å²) in [5.74, 6) is 2.16. The molecular formula is C34H53Cl3N2O6. The van der Waals surface area contributed by atoms with Gasteiger partial charge in [0, 0.05) is 30.9 Å². The fourth-order valence-corrected chi connectivity index (χ4v) is 6.32. The first-order chi connectivity index (χ1) is 21.3. The summed E-state index contributed by atoms with van der Waals surface area (Å²) < 4.78 is 12.5. The van der Waals surface area contributed by atoms with Crippen LogP contribution in [0.4, 0.5) is 0 Å². The Morgan fingerprint density at radius 1 is 0.733 bits per heavy atom. The number of nitrogens with zero attached hydrogens (tertiary/aromatic N) is 2. The number of β-amino-alcohol motifs (C(OH)–C–C–N with tert-alkyl or cyclic N) is 1. The van der Waals surface area contributed by atoms with Gasteiger partial charge in [-0.1, -0.05) is 74.5 Å². The molecule has 4 N–H and O–H groups in total. The summed E-state index contributed by atoms with van der Waals surface area (Å²) in [7, 11) is 0. The van der Waals surface area contributed by atoms with E-state index in [1.54, 1.807) is 4.90 Å². The molecule has 0 aliphatic carbocycles. The smallest absolute Gasteiger partial charge is 0.109 e. The second kappa shape index (κ2) is 21.8. The minimum Gasteiger partial charge on any atom is -0.395 e. The monoisotopic (exact) mass is 690 g/mol. The lowest BCUT2D eigenvalue weighted by Crippen LogP contribution is -2.62. The Labute approximate surface area is 285 Å². The van der Waals surface area contributed by atoms with Gasteiger partial charge in [-0.2, -0.15) is 0 Å². The number of aliphatic hydroxyl groups excluding tert-OH is 4. The van der Waals surface area contributed by atoms with Gasteiger partial charge in [0.2, 0.25) is 0 Å². The molecule has 0 amide bonds. The van der Waals surface area contributed by atoms with Gasteiger partial charge < -0.3 is 29.9 Å². The molecule has 2 fully saturated rings. The van der Waals surface area contributed by atoms with Crippen LogP contribution in [0.1, 0.15) is 37.8 Å². The number of rotatable bonds is 14. The van der Waals surface area contributed by atoms with Gasteiger partial charge in [-0.25, -0.2) is 0 Å². The van der Waals surface area contributed by atoms with Crippen molar-refractivity contribution in [2.75, 3.05) is 51.2 Å². The minimum atomic E-state index is -1.19. The van der Waals surface area contributed by atoms with Gasteiger partial charge in [-0.3, -0.25) is 9.80 Å². The number of hydrogen-bond acceptors (Lipinski definition) is 8. The lowest BCUT2D eigenvalue weighted by atomic mass is 9.80. The van der Waals surface area contributed by atoms with Gasteiger partial charge in [0.15, 0.2) is 0 Å². The first kappa shape index (κ1) is 40.2. The Morgan fingerprint density at radius 2 is 1.27 bits per heavy atom. The Kier molecular flexibility index (Phi) is 19.4. The van der Waals surface area contributed by atoms with E-state index in [4.69, 9.17) is 37.8 Å². The van der Waals surface area contributed by atoms with Crippen LogP contribution in [0, 0.1) is 11.8 Å². The highest BCUT2D eigenvalue weighted by Crippen LogP contribution is 2.32. The fourth-order valence-electron chi connectivity index (χ4n) is 6.08. The Morgan fingerprint density at radius 3 is 1.80 bits per heavy atom. The summed E-state index contributed by atoms with van der Waals surface area (Å²) in [5.41, 5.74) is 2.45. The maximum absolute atomic E-state index is 9.63. The number of piperidine rings is 2. The van der Waals surface area contributed by atoms with E-state index in [1.807, 2.05) is 12.1 Å². The summed E-state index contributed by atoms with van der Waals surface area (Å²) in [6, 6.07) is 20.7. The van der Waals surface area contributed by atoms with E-state index in [9.17, 15) is 15.3 Å². The third-order valence-electron chi connectivity index (χ3n) is 8.99. The maximum atomic E-state index is 9.63. The second-order valence-electron chi connectivity index (χ2n) is 12.0. The van der Waals surface area contributed by atoms with E-state index in [1.165, 1.54) is 11.1 Å². The molecule has 11 heteroatoms. The van der Waals surface area contributed by atoms with Crippen molar-refractivity contribution in [2.45, 2.75) is 76.4 Å². The van der Waals surface area contributed by atoms with Crippen LogP contribution in [0.5, 0.6) is 0 Å². The molecule has 0 saturated carbocycles. The molecule has 256 valence electrons. The Balaban J connectivity index is 0.000000374. The van der Waals surface area contributed by atoms with Crippen molar-refractivity contribution >= 4 is 35.6 Å². The van der Waals surface area contributed by atoms with Gasteiger partial charge in [-0.15, -0.1) is 35.6 Å². The molecule has 2 aliphatic heterocycles. The van der Waals surface area contributed by atoms with Crippen LogP contribution >= 0.6 is 35.6 Å². The van der Waals surface area contributed by atoms with Crippen LogP contribution < -0.4 is 0 Å². The fraction of sp³-hybridized carbons (Fsp3) is 0.647.